The average Bonchev–Trinajstić information content (AvgIpc) is 3.12. The lowest BCUT2D eigenvalue weighted by Gasteiger charge is -2.29. The van der Waals surface area contributed by atoms with Crippen molar-refractivity contribution in [2.24, 2.45) is 0 Å². The fourth-order valence-electron chi connectivity index (χ4n) is 3.28. The second-order valence-corrected chi connectivity index (χ2v) is 6.57. The van der Waals surface area contributed by atoms with Gasteiger partial charge < -0.3 is 10.2 Å². The first-order valence-corrected chi connectivity index (χ1v) is 8.73. The summed E-state index contributed by atoms with van der Waals surface area (Å²) in [6, 6.07) is 8.82. The summed E-state index contributed by atoms with van der Waals surface area (Å²) in [6.07, 6.45) is 3.31. The number of para-hydroxylation sites is 1. The lowest BCUT2D eigenvalue weighted by molar-refractivity contribution is -0.382. The Labute approximate surface area is 153 Å². The number of nitrogens with one attached hydrogen (secondary N) is 1. The molecule has 1 aliphatic heterocycles. The van der Waals surface area contributed by atoms with Gasteiger partial charge in [0.2, 0.25) is 5.52 Å². The van der Waals surface area contributed by atoms with E-state index in [0.717, 1.165) is 31.6 Å². The summed E-state index contributed by atoms with van der Waals surface area (Å²) in [5, 5.41) is 23.0. The predicted molar refractivity (Wildman–Crippen MR) is 99.3 cm³/mol. The Kier molecular flexibility index (Phi) is 4.34. The van der Waals surface area contributed by atoms with E-state index in [-0.39, 0.29) is 11.2 Å². The third kappa shape index (κ3) is 2.92. The number of hydrogen-bond donors (Lipinski definition) is 1. The Morgan fingerprint density at radius 1 is 1.12 bits per heavy atom. The van der Waals surface area contributed by atoms with Crippen molar-refractivity contribution in [2.75, 3.05) is 23.3 Å². The molecule has 26 heavy (non-hydrogen) atoms. The van der Waals surface area contributed by atoms with Crippen LogP contribution in [0.4, 0.5) is 22.7 Å². The Hall–Kier alpha value is -2.87. The molecule has 2 aromatic carbocycles. The molecule has 1 N–H and O–H groups in total. The molecule has 0 unspecified atom stereocenters. The molecule has 1 fully saturated rings. The quantitative estimate of drug-likeness (QED) is 0.530. The maximum absolute atomic E-state index is 11.7. The van der Waals surface area contributed by atoms with Gasteiger partial charge in [-0.25, -0.2) is 4.63 Å². The van der Waals surface area contributed by atoms with Crippen LogP contribution in [-0.4, -0.2) is 28.3 Å². The topological polar surface area (TPSA) is 97.3 Å². The summed E-state index contributed by atoms with van der Waals surface area (Å²) < 4.78 is 4.83. The largest absolute Gasteiger partial charge is 0.370 e. The van der Waals surface area contributed by atoms with Crippen molar-refractivity contribution in [2.45, 2.75) is 19.3 Å². The summed E-state index contributed by atoms with van der Waals surface area (Å²) in [5.41, 5.74) is 2.03. The summed E-state index contributed by atoms with van der Waals surface area (Å²) in [5.74, 6) is 0. The van der Waals surface area contributed by atoms with Crippen LogP contribution in [0.3, 0.4) is 0 Å². The molecular formula is C17H16ClN5O3. The molecule has 4 rings (SSSR count). The van der Waals surface area contributed by atoms with Gasteiger partial charge in [-0.05, 0) is 47.8 Å². The molecule has 0 atom stereocenters. The average molecular weight is 374 g/mol. The molecule has 0 saturated carbocycles. The van der Waals surface area contributed by atoms with E-state index in [1.54, 1.807) is 24.3 Å². The van der Waals surface area contributed by atoms with Crippen LogP contribution in [0.5, 0.6) is 0 Å². The minimum atomic E-state index is -0.480. The van der Waals surface area contributed by atoms with Gasteiger partial charge in [0.15, 0.2) is 5.52 Å². The first-order chi connectivity index (χ1) is 12.6. The van der Waals surface area contributed by atoms with E-state index in [1.165, 1.54) is 6.42 Å². The third-order valence-corrected chi connectivity index (χ3v) is 4.84. The molecule has 0 amide bonds. The number of nitro groups is 1. The molecule has 8 nitrogen and oxygen atoms in total. The normalized spacial score (nSPS) is 14.6. The predicted octanol–water partition coefficient (Wildman–Crippen LogP) is 4.52. The molecule has 1 aromatic heterocycles. The van der Waals surface area contributed by atoms with Gasteiger partial charge in [0.1, 0.15) is 5.69 Å². The van der Waals surface area contributed by atoms with E-state index in [0.29, 0.717) is 21.9 Å². The molecule has 0 spiro atoms. The second-order valence-electron chi connectivity index (χ2n) is 6.16. The second kappa shape index (κ2) is 6.80. The van der Waals surface area contributed by atoms with Gasteiger partial charge in [0.25, 0.3) is 0 Å². The molecule has 2 heterocycles. The standard InChI is InChI=1S/C17H16ClN5O3/c18-11-6-2-3-7-12(11)19-13-10-14(22-8-4-1-5-9-22)15-16(21-26-20-15)17(13)23(24)25/h2-3,6-7,10,19H,1,4-5,8-9H2. The summed E-state index contributed by atoms with van der Waals surface area (Å²) in [4.78, 5) is 13.4. The fourth-order valence-corrected chi connectivity index (χ4v) is 3.46. The van der Waals surface area contributed by atoms with Crippen LogP contribution in [0, 0.1) is 10.1 Å². The minimum absolute atomic E-state index is 0.132. The van der Waals surface area contributed by atoms with Crippen molar-refractivity contribution in [1.82, 2.24) is 10.3 Å². The number of rotatable bonds is 4. The number of nitro benzene ring substituents is 1. The summed E-state index contributed by atoms with van der Waals surface area (Å²) in [6.45, 7) is 1.73. The van der Waals surface area contributed by atoms with E-state index in [4.69, 9.17) is 16.2 Å². The molecule has 1 aliphatic rings. The summed E-state index contributed by atoms with van der Waals surface area (Å²) in [7, 11) is 0. The number of hydrogen-bond acceptors (Lipinski definition) is 7. The lowest BCUT2D eigenvalue weighted by Crippen LogP contribution is -2.29. The Bertz CT molecular complexity index is 968. The highest BCUT2D eigenvalue weighted by Gasteiger charge is 2.28. The van der Waals surface area contributed by atoms with Crippen LogP contribution in [0.25, 0.3) is 11.0 Å². The molecular weight excluding hydrogens is 358 g/mol. The number of anilines is 3. The van der Waals surface area contributed by atoms with E-state index < -0.39 is 4.92 Å². The zero-order valence-electron chi connectivity index (χ0n) is 13.8. The fraction of sp³-hybridized carbons (Fsp3) is 0.294. The summed E-state index contributed by atoms with van der Waals surface area (Å²) >= 11 is 6.20. The Balaban J connectivity index is 1.88. The highest BCUT2D eigenvalue weighted by molar-refractivity contribution is 6.33. The molecule has 0 radical (unpaired) electrons. The maximum Gasteiger partial charge on any atom is 0.324 e. The van der Waals surface area contributed by atoms with Gasteiger partial charge in [-0.2, -0.15) is 0 Å². The van der Waals surface area contributed by atoms with Crippen molar-refractivity contribution in [1.29, 1.82) is 0 Å². The number of benzene rings is 2. The zero-order chi connectivity index (χ0) is 18.1. The molecule has 0 aliphatic carbocycles. The highest BCUT2D eigenvalue weighted by atomic mass is 35.5. The van der Waals surface area contributed by atoms with Crippen LogP contribution in [-0.2, 0) is 0 Å². The van der Waals surface area contributed by atoms with Gasteiger partial charge >= 0.3 is 5.69 Å². The van der Waals surface area contributed by atoms with Crippen LogP contribution in [0.15, 0.2) is 35.0 Å². The van der Waals surface area contributed by atoms with Crippen LogP contribution in [0.2, 0.25) is 5.02 Å². The van der Waals surface area contributed by atoms with Crippen molar-refractivity contribution in [3.05, 3.63) is 45.5 Å². The van der Waals surface area contributed by atoms with E-state index in [1.807, 2.05) is 6.07 Å². The maximum atomic E-state index is 11.7. The number of halogens is 1. The van der Waals surface area contributed by atoms with Crippen molar-refractivity contribution >= 4 is 45.4 Å². The Morgan fingerprint density at radius 2 is 1.85 bits per heavy atom. The Morgan fingerprint density at radius 3 is 2.58 bits per heavy atom. The van der Waals surface area contributed by atoms with Gasteiger partial charge in [-0.15, -0.1) is 0 Å². The third-order valence-electron chi connectivity index (χ3n) is 4.51. The monoisotopic (exact) mass is 373 g/mol. The molecule has 9 heteroatoms. The van der Waals surface area contributed by atoms with Crippen molar-refractivity contribution < 1.29 is 9.55 Å². The van der Waals surface area contributed by atoms with Crippen LogP contribution >= 0.6 is 11.6 Å². The number of aromatic nitrogens is 2. The molecule has 134 valence electrons. The van der Waals surface area contributed by atoms with Crippen LogP contribution < -0.4 is 10.2 Å². The van der Waals surface area contributed by atoms with E-state index in [9.17, 15) is 10.1 Å². The van der Waals surface area contributed by atoms with Crippen molar-refractivity contribution in [3.8, 4) is 0 Å². The van der Waals surface area contributed by atoms with E-state index >= 15 is 0 Å². The zero-order valence-corrected chi connectivity index (χ0v) is 14.6. The number of nitrogens with zero attached hydrogens (tertiary/aromatic N) is 4. The number of fused-ring (bicyclic) bond motifs is 1. The lowest BCUT2D eigenvalue weighted by atomic mass is 10.1. The first kappa shape index (κ1) is 16.6. The highest BCUT2D eigenvalue weighted by Crippen LogP contribution is 2.41. The van der Waals surface area contributed by atoms with Gasteiger partial charge in [0, 0.05) is 13.1 Å². The molecule has 3 aromatic rings. The molecule has 0 bridgehead atoms. The van der Waals surface area contributed by atoms with Gasteiger partial charge in [0.05, 0.1) is 21.3 Å². The van der Waals surface area contributed by atoms with E-state index in [2.05, 4.69) is 20.5 Å². The smallest absolute Gasteiger partial charge is 0.324 e. The van der Waals surface area contributed by atoms with Gasteiger partial charge in [-0.1, -0.05) is 23.7 Å². The number of piperidine rings is 1. The minimum Gasteiger partial charge on any atom is -0.370 e. The SMILES string of the molecule is O=[N+]([O-])c1c(Nc2ccccc2Cl)cc(N2CCCCC2)c2nonc12. The van der Waals surface area contributed by atoms with Gasteiger partial charge in [-0.3, -0.25) is 10.1 Å². The first-order valence-electron chi connectivity index (χ1n) is 8.35. The molecule has 1 saturated heterocycles. The van der Waals surface area contributed by atoms with Crippen molar-refractivity contribution in [3.63, 3.8) is 0 Å². The van der Waals surface area contributed by atoms with Crippen LogP contribution in [0.1, 0.15) is 19.3 Å².